The number of aryl methyl sites for hydroxylation is 2. The molecular weight excluding hydrogens is 272 g/mol. The van der Waals surface area contributed by atoms with Crippen LogP contribution in [0.1, 0.15) is 28.2 Å². The van der Waals surface area contributed by atoms with Gasteiger partial charge in [0.15, 0.2) is 11.6 Å². The zero-order valence-electron chi connectivity index (χ0n) is 11.5. The summed E-state index contributed by atoms with van der Waals surface area (Å²) in [5, 5.41) is 9.46. The van der Waals surface area contributed by atoms with Crippen molar-refractivity contribution in [2.24, 2.45) is 5.73 Å². The second-order valence-electron chi connectivity index (χ2n) is 5.49. The number of nitrogens with two attached hydrogens (primary N) is 1. The minimum Gasteiger partial charge on any atom is -0.395 e. The molecule has 2 atom stereocenters. The molecule has 1 aliphatic rings. The van der Waals surface area contributed by atoms with Gasteiger partial charge in [0.25, 0.3) is 0 Å². The van der Waals surface area contributed by atoms with E-state index in [9.17, 15) is 13.9 Å². The summed E-state index contributed by atoms with van der Waals surface area (Å²) >= 11 is 0. The van der Waals surface area contributed by atoms with Crippen LogP contribution in [0, 0.1) is 11.6 Å². The van der Waals surface area contributed by atoms with Crippen molar-refractivity contribution in [1.82, 2.24) is 0 Å². The minimum absolute atomic E-state index is 0.211. The summed E-state index contributed by atoms with van der Waals surface area (Å²) in [4.78, 5) is 0. The average molecular weight is 289 g/mol. The van der Waals surface area contributed by atoms with E-state index in [1.165, 1.54) is 12.1 Å². The largest absolute Gasteiger partial charge is 0.395 e. The van der Waals surface area contributed by atoms with Gasteiger partial charge in [-0.15, -0.1) is 0 Å². The number of benzene rings is 2. The molecule has 4 heteroatoms. The number of hydrogen-bond donors (Lipinski definition) is 2. The van der Waals surface area contributed by atoms with E-state index >= 15 is 0 Å². The van der Waals surface area contributed by atoms with Gasteiger partial charge in [0.05, 0.1) is 6.61 Å². The fourth-order valence-corrected chi connectivity index (χ4v) is 3.18. The van der Waals surface area contributed by atoms with Gasteiger partial charge < -0.3 is 10.8 Å². The van der Waals surface area contributed by atoms with Gasteiger partial charge in [-0.1, -0.05) is 24.3 Å². The molecule has 0 saturated carbocycles. The van der Waals surface area contributed by atoms with Crippen LogP contribution in [0.15, 0.2) is 36.4 Å². The van der Waals surface area contributed by atoms with Crippen molar-refractivity contribution >= 4 is 0 Å². The summed E-state index contributed by atoms with van der Waals surface area (Å²) in [6.07, 6.45) is 1.39. The van der Waals surface area contributed by atoms with E-state index in [4.69, 9.17) is 5.73 Å². The Labute approximate surface area is 122 Å². The van der Waals surface area contributed by atoms with Gasteiger partial charge in [-0.2, -0.15) is 0 Å². The Morgan fingerprint density at radius 3 is 2.48 bits per heavy atom. The highest BCUT2D eigenvalue weighted by Crippen LogP contribution is 2.36. The lowest BCUT2D eigenvalue weighted by atomic mass is 9.83. The lowest BCUT2D eigenvalue weighted by Gasteiger charge is -2.25. The molecule has 110 valence electrons. The van der Waals surface area contributed by atoms with Crippen molar-refractivity contribution in [1.29, 1.82) is 0 Å². The third-order valence-electron chi connectivity index (χ3n) is 4.21. The van der Waals surface area contributed by atoms with Gasteiger partial charge in [-0.05, 0) is 47.2 Å². The summed E-state index contributed by atoms with van der Waals surface area (Å²) in [6, 6.07) is 9.74. The van der Waals surface area contributed by atoms with E-state index in [-0.39, 0.29) is 12.5 Å². The fourth-order valence-electron chi connectivity index (χ4n) is 3.18. The Bertz CT molecular complexity index is 672. The Kier molecular flexibility index (Phi) is 3.74. The molecular formula is C17H17F2NO. The van der Waals surface area contributed by atoms with Crippen LogP contribution >= 0.6 is 0 Å². The zero-order valence-corrected chi connectivity index (χ0v) is 11.5. The fraction of sp³-hybridized carbons (Fsp3) is 0.294. The molecule has 0 amide bonds. The maximum absolute atomic E-state index is 13.7. The first-order valence-corrected chi connectivity index (χ1v) is 7.04. The van der Waals surface area contributed by atoms with Crippen LogP contribution < -0.4 is 5.73 Å². The first-order chi connectivity index (χ1) is 10.1. The second kappa shape index (κ2) is 5.54. The van der Waals surface area contributed by atoms with Crippen molar-refractivity contribution in [2.75, 3.05) is 6.61 Å². The second-order valence-corrected chi connectivity index (χ2v) is 5.49. The molecule has 21 heavy (non-hydrogen) atoms. The molecule has 2 unspecified atom stereocenters. The summed E-state index contributed by atoms with van der Waals surface area (Å²) in [7, 11) is 0. The zero-order chi connectivity index (χ0) is 15.0. The normalized spacial score (nSPS) is 18.6. The van der Waals surface area contributed by atoms with Crippen LogP contribution in [0.5, 0.6) is 0 Å². The predicted octanol–water partition coefficient (Wildman–Crippen LogP) is 2.51. The topological polar surface area (TPSA) is 46.2 Å². The number of fused-ring (bicyclic) bond motifs is 2. The molecule has 3 N–H and O–H groups in total. The standard InChI is InChI=1S/C17H17F2NO/c18-14-7-11-6-5-10-3-1-2-4-12(10)17(16(20)9-21)13(11)8-15(14)19/h1-4,7-8,16-17,21H,5-6,9,20H2. The lowest BCUT2D eigenvalue weighted by molar-refractivity contribution is 0.256. The molecule has 0 radical (unpaired) electrons. The van der Waals surface area contributed by atoms with Crippen LogP contribution in [0.4, 0.5) is 8.78 Å². The van der Waals surface area contributed by atoms with E-state index in [0.29, 0.717) is 12.0 Å². The van der Waals surface area contributed by atoms with Crippen molar-refractivity contribution in [3.05, 3.63) is 70.3 Å². The number of aliphatic hydroxyl groups excluding tert-OH is 1. The molecule has 0 fully saturated rings. The number of hydrogen-bond acceptors (Lipinski definition) is 2. The Morgan fingerprint density at radius 1 is 1.05 bits per heavy atom. The maximum atomic E-state index is 13.7. The van der Waals surface area contributed by atoms with Crippen molar-refractivity contribution in [2.45, 2.75) is 24.8 Å². The minimum atomic E-state index is -0.872. The smallest absolute Gasteiger partial charge is 0.159 e. The predicted molar refractivity (Wildman–Crippen MR) is 77.1 cm³/mol. The number of aliphatic hydroxyl groups is 1. The molecule has 2 aromatic rings. The summed E-state index contributed by atoms with van der Waals surface area (Å²) in [5.41, 5.74) is 9.62. The van der Waals surface area contributed by atoms with Gasteiger partial charge in [-0.25, -0.2) is 8.78 Å². The van der Waals surface area contributed by atoms with Crippen LogP contribution in [-0.4, -0.2) is 17.8 Å². The Balaban J connectivity index is 2.23. The quantitative estimate of drug-likeness (QED) is 0.892. The van der Waals surface area contributed by atoms with Crippen molar-refractivity contribution < 1.29 is 13.9 Å². The highest BCUT2D eigenvalue weighted by atomic mass is 19.2. The molecule has 2 nitrogen and oxygen atoms in total. The van der Waals surface area contributed by atoms with Gasteiger partial charge in [0.1, 0.15) is 0 Å². The van der Waals surface area contributed by atoms with Crippen LogP contribution in [-0.2, 0) is 12.8 Å². The van der Waals surface area contributed by atoms with Crippen LogP contribution in [0.2, 0.25) is 0 Å². The Morgan fingerprint density at radius 2 is 1.71 bits per heavy atom. The summed E-state index contributed by atoms with van der Waals surface area (Å²) in [6.45, 7) is -0.211. The van der Waals surface area contributed by atoms with E-state index in [2.05, 4.69) is 0 Å². The monoisotopic (exact) mass is 289 g/mol. The third kappa shape index (κ3) is 2.45. The average Bonchev–Trinajstić information content (AvgIpc) is 2.64. The van der Waals surface area contributed by atoms with E-state index < -0.39 is 17.7 Å². The third-order valence-corrected chi connectivity index (χ3v) is 4.21. The van der Waals surface area contributed by atoms with E-state index in [1.54, 1.807) is 0 Å². The molecule has 0 aromatic heterocycles. The molecule has 0 bridgehead atoms. The molecule has 0 saturated heterocycles. The lowest BCUT2D eigenvalue weighted by Crippen LogP contribution is -2.33. The van der Waals surface area contributed by atoms with Crippen LogP contribution in [0.25, 0.3) is 0 Å². The maximum Gasteiger partial charge on any atom is 0.159 e. The number of halogens is 2. The first kappa shape index (κ1) is 14.2. The molecule has 0 heterocycles. The van der Waals surface area contributed by atoms with E-state index in [1.807, 2.05) is 24.3 Å². The van der Waals surface area contributed by atoms with Gasteiger partial charge >= 0.3 is 0 Å². The molecule has 2 aromatic carbocycles. The molecule has 3 rings (SSSR count). The van der Waals surface area contributed by atoms with Crippen molar-refractivity contribution in [3.8, 4) is 0 Å². The summed E-state index contributed by atoms with van der Waals surface area (Å²) < 4.78 is 27.2. The molecule has 0 aliphatic heterocycles. The van der Waals surface area contributed by atoms with Gasteiger partial charge in [0.2, 0.25) is 0 Å². The van der Waals surface area contributed by atoms with Crippen molar-refractivity contribution in [3.63, 3.8) is 0 Å². The highest BCUT2D eigenvalue weighted by molar-refractivity contribution is 5.46. The van der Waals surface area contributed by atoms with E-state index in [0.717, 1.165) is 23.1 Å². The highest BCUT2D eigenvalue weighted by Gasteiger charge is 2.29. The SMILES string of the molecule is NC(CO)C1c2ccccc2CCc2cc(F)c(F)cc21. The number of rotatable bonds is 2. The Hall–Kier alpha value is -1.78. The van der Waals surface area contributed by atoms with Gasteiger partial charge in [0, 0.05) is 12.0 Å². The first-order valence-electron chi connectivity index (χ1n) is 7.04. The molecule has 0 spiro atoms. The summed E-state index contributed by atoms with van der Waals surface area (Å²) in [5.74, 6) is -2.03. The van der Waals surface area contributed by atoms with Gasteiger partial charge in [-0.3, -0.25) is 0 Å². The van der Waals surface area contributed by atoms with Crippen LogP contribution in [0.3, 0.4) is 0 Å². The molecule has 1 aliphatic carbocycles.